The van der Waals surface area contributed by atoms with Crippen LogP contribution in [0.3, 0.4) is 0 Å². The van der Waals surface area contributed by atoms with E-state index in [1.54, 1.807) is 0 Å². The fraction of sp³-hybridized carbons (Fsp3) is 0.588. The average Bonchev–Trinajstić information content (AvgIpc) is 2.78. The molecule has 21 heavy (non-hydrogen) atoms. The second kappa shape index (κ2) is 7.32. The molecule has 0 aromatic heterocycles. The van der Waals surface area contributed by atoms with Crippen molar-refractivity contribution in [1.82, 2.24) is 10.2 Å². The molecule has 1 aliphatic heterocycles. The first-order valence-electron chi connectivity index (χ1n) is 7.66. The molecule has 0 aliphatic carbocycles. The SMILES string of the molecule is CSCCCN1C(=O)C(C(C)C)NC1c1ccc(C)cc1. The van der Waals surface area contributed by atoms with Crippen molar-refractivity contribution in [3.05, 3.63) is 35.4 Å². The first-order chi connectivity index (χ1) is 10.0. The van der Waals surface area contributed by atoms with Gasteiger partial charge in [-0.2, -0.15) is 11.8 Å². The van der Waals surface area contributed by atoms with Gasteiger partial charge in [-0.1, -0.05) is 43.7 Å². The molecule has 1 fully saturated rings. The number of hydrogen-bond donors (Lipinski definition) is 1. The van der Waals surface area contributed by atoms with Gasteiger partial charge in [-0.05, 0) is 36.8 Å². The fourth-order valence-corrected chi connectivity index (χ4v) is 3.18. The van der Waals surface area contributed by atoms with Gasteiger partial charge in [0.15, 0.2) is 0 Å². The van der Waals surface area contributed by atoms with Gasteiger partial charge in [-0.15, -0.1) is 0 Å². The topological polar surface area (TPSA) is 32.3 Å². The summed E-state index contributed by atoms with van der Waals surface area (Å²) >= 11 is 1.83. The van der Waals surface area contributed by atoms with Crippen molar-refractivity contribution >= 4 is 17.7 Å². The van der Waals surface area contributed by atoms with Crippen molar-refractivity contribution in [3.63, 3.8) is 0 Å². The van der Waals surface area contributed by atoms with Crippen LogP contribution in [0, 0.1) is 12.8 Å². The molecule has 116 valence electrons. The highest BCUT2D eigenvalue weighted by atomic mass is 32.2. The zero-order chi connectivity index (χ0) is 15.4. The Morgan fingerprint density at radius 3 is 2.52 bits per heavy atom. The van der Waals surface area contributed by atoms with Gasteiger partial charge < -0.3 is 4.90 Å². The van der Waals surface area contributed by atoms with Crippen LogP contribution < -0.4 is 5.32 Å². The summed E-state index contributed by atoms with van der Waals surface area (Å²) < 4.78 is 0. The lowest BCUT2D eigenvalue weighted by molar-refractivity contribution is -0.130. The Bertz CT molecular complexity index is 472. The maximum atomic E-state index is 12.6. The van der Waals surface area contributed by atoms with E-state index >= 15 is 0 Å². The van der Waals surface area contributed by atoms with Gasteiger partial charge in [0.05, 0.1) is 6.04 Å². The smallest absolute Gasteiger partial charge is 0.241 e. The Kier molecular flexibility index (Phi) is 5.71. The van der Waals surface area contributed by atoms with Gasteiger partial charge in [-0.25, -0.2) is 0 Å². The van der Waals surface area contributed by atoms with Gasteiger partial charge in [0, 0.05) is 6.54 Å². The molecule has 0 saturated carbocycles. The van der Waals surface area contributed by atoms with Crippen molar-refractivity contribution < 1.29 is 4.79 Å². The molecule has 0 radical (unpaired) electrons. The number of hydrogen-bond acceptors (Lipinski definition) is 3. The van der Waals surface area contributed by atoms with E-state index in [1.165, 1.54) is 11.1 Å². The van der Waals surface area contributed by atoms with Crippen molar-refractivity contribution in [2.75, 3.05) is 18.6 Å². The Labute approximate surface area is 132 Å². The van der Waals surface area contributed by atoms with Gasteiger partial charge in [0.1, 0.15) is 6.17 Å². The highest BCUT2D eigenvalue weighted by Gasteiger charge is 2.40. The summed E-state index contributed by atoms with van der Waals surface area (Å²) in [5.74, 6) is 1.66. The maximum Gasteiger partial charge on any atom is 0.241 e. The predicted octanol–water partition coefficient (Wildman–Crippen LogP) is 3.20. The lowest BCUT2D eigenvalue weighted by atomic mass is 10.0. The molecule has 4 heteroatoms. The minimum absolute atomic E-state index is 0.0207. The van der Waals surface area contributed by atoms with E-state index in [2.05, 4.69) is 56.6 Å². The monoisotopic (exact) mass is 306 g/mol. The summed E-state index contributed by atoms with van der Waals surface area (Å²) in [6.07, 6.45) is 3.17. The molecule has 2 unspecified atom stereocenters. The van der Waals surface area contributed by atoms with E-state index < -0.39 is 0 Å². The van der Waals surface area contributed by atoms with Gasteiger partial charge in [-0.3, -0.25) is 10.1 Å². The molecule has 1 amide bonds. The van der Waals surface area contributed by atoms with Crippen LogP contribution in [-0.4, -0.2) is 35.4 Å². The largest absolute Gasteiger partial charge is 0.322 e. The van der Waals surface area contributed by atoms with Crippen LogP contribution in [0.1, 0.15) is 37.6 Å². The number of carbonyl (C=O) groups is 1. The third-order valence-corrected chi connectivity index (χ3v) is 4.70. The molecule has 1 heterocycles. The third kappa shape index (κ3) is 3.80. The molecule has 0 bridgehead atoms. The van der Waals surface area contributed by atoms with Crippen molar-refractivity contribution in [3.8, 4) is 0 Å². The molecular weight excluding hydrogens is 280 g/mol. The third-order valence-electron chi connectivity index (χ3n) is 4.01. The van der Waals surface area contributed by atoms with Crippen molar-refractivity contribution in [2.45, 2.75) is 39.4 Å². The van der Waals surface area contributed by atoms with Crippen molar-refractivity contribution in [1.29, 1.82) is 0 Å². The molecule has 0 spiro atoms. The Morgan fingerprint density at radius 1 is 1.29 bits per heavy atom. The molecule has 2 rings (SSSR count). The minimum atomic E-state index is -0.0643. The number of rotatable bonds is 6. The molecule has 2 atom stereocenters. The number of thioether (sulfide) groups is 1. The van der Waals surface area contributed by atoms with Crippen LogP contribution in [0.2, 0.25) is 0 Å². The Hall–Kier alpha value is -1.00. The first-order valence-corrected chi connectivity index (χ1v) is 9.06. The van der Waals surface area contributed by atoms with Crippen molar-refractivity contribution in [2.24, 2.45) is 5.92 Å². The lowest BCUT2D eigenvalue weighted by Gasteiger charge is -2.24. The van der Waals surface area contributed by atoms with Gasteiger partial charge >= 0.3 is 0 Å². The minimum Gasteiger partial charge on any atom is -0.322 e. The molecule has 1 saturated heterocycles. The fourth-order valence-electron chi connectivity index (χ4n) is 2.76. The van der Waals surface area contributed by atoms with E-state index in [9.17, 15) is 4.79 Å². The van der Waals surface area contributed by atoms with Gasteiger partial charge in [0.25, 0.3) is 0 Å². The van der Waals surface area contributed by atoms with Gasteiger partial charge in [0.2, 0.25) is 5.91 Å². The second-order valence-corrected chi connectivity index (χ2v) is 7.07. The zero-order valence-electron chi connectivity index (χ0n) is 13.4. The molecule has 1 aliphatic rings. The Morgan fingerprint density at radius 2 is 1.95 bits per heavy atom. The van der Waals surface area contributed by atoms with Crippen LogP contribution in [0.4, 0.5) is 0 Å². The number of carbonyl (C=O) groups excluding carboxylic acids is 1. The number of nitrogens with one attached hydrogen (secondary N) is 1. The average molecular weight is 306 g/mol. The highest BCUT2D eigenvalue weighted by Crippen LogP contribution is 2.28. The zero-order valence-corrected chi connectivity index (χ0v) is 14.2. The molecule has 1 N–H and O–H groups in total. The number of benzene rings is 1. The molecule has 3 nitrogen and oxygen atoms in total. The van der Waals surface area contributed by atoms with E-state index in [4.69, 9.17) is 0 Å². The van der Waals surface area contributed by atoms with E-state index in [1.807, 2.05) is 16.7 Å². The second-order valence-electron chi connectivity index (χ2n) is 6.08. The number of amides is 1. The van der Waals surface area contributed by atoms with Crippen LogP contribution in [-0.2, 0) is 4.79 Å². The standard InChI is InChI=1S/C17H26N2OS/c1-12(2)15-17(20)19(10-5-11-21-4)16(18-15)14-8-6-13(3)7-9-14/h6-9,12,15-16,18H,5,10-11H2,1-4H3. The summed E-state index contributed by atoms with van der Waals surface area (Å²) in [5, 5.41) is 3.52. The molecule has 1 aromatic rings. The molecular formula is C17H26N2OS. The summed E-state index contributed by atoms with van der Waals surface area (Å²) in [7, 11) is 0. The summed E-state index contributed by atoms with van der Waals surface area (Å²) in [6.45, 7) is 7.12. The van der Waals surface area contributed by atoms with E-state index in [0.717, 1.165) is 18.7 Å². The van der Waals surface area contributed by atoms with Crippen LogP contribution in [0.15, 0.2) is 24.3 Å². The Balaban J connectivity index is 2.18. The first kappa shape index (κ1) is 16.4. The quantitative estimate of drug-likeness (QED) is 0.819. The van der Waals surface area contributed by atoms with Crippen LogP contribution >= 0.6 is 11.8 Å². The maximum absolute atomic E-state index is 12.6. The summed E-state index contributed by atoms with van der Waals surface area (Å²) in [6, 6.07) is 8.43. The summed E-state index contributed by atoms with van der Waals surface area (Å²) in [5.41, 5.74) is 2.43. The number of aryl methyl sites for hydroxylation is 1. The van der Waals surface area contributed by atoms with Crippen LogP contribution in [0.25, 0.3) is 0 Å². The molecule has 1 aromatic carbocycles. The van der Waals surface area contributed by atoms with E-state index in [-0.39, 0.29) is 18.1 Å². The predicted molar refractivity (Wildman–Crippen MR) is 90.4 cm³/mol. The van der Waals surface area contributed by atoms with E-state index in [0.29, 0.717) is 5.92 Å². The number of nitrogens with zero attached hydrogens (tertiary/aromatic N) is 1. The highest BCUT2D eigenvalue weighted by molar-refractivity contribution is 7.98. The normalized spacial score (nSPS) is 22.3. The van der Waals surface area contributed by atoms with Crippen LogP contribution in [0.5, 0.6) is 0 Å². The lowest BCUT2D eigenvalue weighted by Crippen LogP contribution is -2.35. The summed E-state index contributed by atoms with van der Waals surface area (Å²) in [4.78, 5) is 14.7.